The Balaban J connectivity index is 1.84. The van der Waals surface area contributed by atoms with E-state index in [1.807, 2.05) is 42.3 Å². The zero-order valence-corrected chi connectivity index (χ0v) is 13.3. The molecule has 1 aromatic rings. The van der Waals surface area contributed by atoms with E-state index in [4.69, 9.17) is 0 Å². The highest BCUT2D eigenvalue weighted by molar-refractivity contribution is 7.91. The fraction of sp³-hybridized carbons (Fsp3) is 0.533. The van der Waals surface area contributed by atoms with Gasteiger partial charge in [0.15, 0.2) is 9.84 Å². The molecule has 0 unspecified atom stereocenters. The van der Waals surface area contributed by atoms with Gasteiger partial charge in [-0.2, -0.15) is 0 Å². The van der Waals surface area contributed by atoms with Crippen molar-refractivity contribution in [3.8, 4) is 0 Å². The van der Waals surface area contributed by atoms with Gasteiger partial charge in [0.1, 0.15) is 0 Å². The predicted molar refractivity (Wildman–Crippen MR) is 82.6 cm³/mol. The Bertz CT molecular complexity index is 601. The summed E-state index contributed by atoms with van der Waals surface area (Å²) in [7, 11) is -1.13. The molecule has 0 bridgehead atoms. The number of nitrogens with one attached hydrogen (secondary N) is 1. The molecule has 1 aliphatic heterocycles. The van der Waals surface area contributed by atoms with Gasteiger partial charge < -0.3 is 5.32 Å². The van der Waals surface area contributed by atoms with E-state index < -0.39 is 15.4 Å². The minimum Gasteiger partial charge on any atom is -0.349 e. The Morgan fingerprint density at radius 2 is 2.00 bits per heavy atom. The third-order valence-corrected chi connectivity index (χ3v) is 5.56. The summed E-state index contributed by atoms with van der Waals surface area (Å²) in [6.45, 7) is 2.74. The van der Waals surface area contributed by atoms with Crippen LogP contribution in [0.4, 0.5) is 0 Å². The minimum atomic E-state index is -3.00. The fourth-order valence-corrected chi connectivity index (χ4v) is 4.77. The number of benzene rings is 1. The highest BCUT2D eigenvalue weighted by Gasteiger charge is 2.39. The van der Waals surface area contributed by atoms with Crippen LogP contribution in [-0.2, 0) is 21.2 Å². The van der Waals surface area contributed by atoms with E-state index in [0.717, 1.165) is 5.56 Å². The molecule has 2 rings (SSSR count). The van der Waals surface area contributed by atoms with Crippen molar-refractivity contribution in [2.45, 2.75) is 25.4 Å². The molecular formula is C15H22N2O3S. The number of amides is 1. The number of carbonyl (C=O) groups excluding carboxylic acids is 1. The number of rotatable bonds is 5. The van der Waals surface area contributed by atoms with Crippen molar-refractivity contribution >= 4 is 15.7 Å². The first-order valence-corrected chi connectivity index (χ1v) is 8.84. The lowest BCUT2D eigenvalue weighted by molar-refractivity contribution is -0.123. The summed E-state index contributed by atoms with van der Waals surface area (Å²) >= 11 is 0. The summed E-state index contributed by atoms with van der Waals surface area (Å²) in [4.78, 5) is 14.0. The van der Waals surface area contributed by atoms with Gasteiger partial charge in [0.05, 0.1) is 23.6 Å². The van der Waals surface area contributed by atoms with Crippen molar-refractivity contribution in [3.05, 3.63) is 35.9 Å². The van der Waals surface area contributed by atoms with Crippen LogP contribution in [0.3, 0.4) is 0 Å². The summed E-state index contributed by atoms with van der Waals surface area (Å²) in [5.74, 6) is 0.0608. The van der Waals surface area contributed by atoms with E-state index in [1.54, 1.807) is 6.92 Å². The van der Waals surface area contributed by atoms with Crippen molar-refractivity contribution in [1.82, 2.24) is 10.2 Å². The molecule has 1 amide bonds. The Kier molecular flexibility index (Phi) is 4.68. The molecule has 6 heteroatoms. The SMILES string of the molecule is CN(CC(=O)N[C@@]1(C)CCS(=O)(=O)C1)Cc1ccccc1. The third-order valence-electron chi connectivity index (χ3n) is 3.65. The second-order valence-corrected chi connectivity index (χ2v) is 8.29. The minimum absolute atomic E-state index is 0.0359. The second-order valence-electron chi connectivity index (χ2n) is 6.11. The summed E-state index contributed by atoms with van der Waals surface area (Å²) < 4.78 is 23.1. The van der Waals surface area contributed by atoms with Gasteiger partial charge in [-0.05, 0) is 26.0 Å². The lowest BCUT2D eigenvalue weighted by Crippen LogP contribution is -2.49. The summed E-state index contributed by atoms with van der Waals surface area (Å²) in [5, 5.41) is 2.87. The van der Waals surface area contributed by atoms with Crippen molar-refractivity contribution in [1.29, 1.82) is 0 Å². The lowest BCUT2D eigenvalue weighted by Gasteiger charge is -2.25. The summed E-state index contributed by atoms with van der Waals surface area (Å²) in [5.41, 5.74) is 0.520. The van der Waals surface area contributed by atoms with E-state index >= 15 is 0 Å². The van der Waals surface area contributed by atoms with Crippen LogP contribution in [0.25, 0.3) is 0 Å². The molecule has 5 nitrogen and oxygen atoms in total. The molecule has 0 spiro atoms. The van der Waals surface area contributed by atoms with Gasteiger partial charge in [-0.3, -0.25) is 9.69 Å². The van der Waals surface area contributed by atoms with Crippen molar-refractivity contribution in [2.75, 3.05) is 25.1 Å². The number of sulfone groups is 1. The normalized spacial score (nSPS) is 24.1. The molecule has 1 atom stereocenters. The standard InChI is InChI=1S/C15H22N2O3S/c1-15(8-9-21(19,20)12-15)16-14(18)11-17(2)10-13-6-4-3-5-7-13/h3-7H,8-12H2,1-2H3,(H,16,18)/t15-/m0/s1. The number of carbonyl (C=O) groups is 1. The summed E-state index contributed by atoms with van der Waals surface area (Å²) in [6, 6.07) is 9.91. The molecule has 0 saturated carbocycles. The number of nitrogens with zero attached hydrogens (tertiary/aromatic N) is 1. The summed E-state index contributed by atoms with van der Waals surface area (Å²) in [6.07, 6.45) is 0.490. The third kappa shape index (κ3) is 4.82. The number of hydrogen-bond acceptors (Lipinski definition) is 4. The van der Waals surface area contributed by atoms with Crippen LogP contribution < -0.4 is 5.32 Å². The molecule has 1 N–H and O–H groups in total. The molecule has 1 fully saturated rings. The zero-order valence-electron chi connectivity index (χ0n) is 12.5. The quantitative estimate of drug-likeness (QED) is 0.874. The Hall–Kier alpha value is -1.40. The first-order valence-electron chi connectivity index (χ1n) is 7.02. The van der Waals surface area contributed by atoms with Crippen LogP contribution in [0.5, 0.6) is 0 Å². The highest BCUT2D eigenvalue weighted by atomic mass is 32.2. The number of likely N-dealkylation sites (N-methyl/N-ethyl adjacent to an activating group) is 1. The van der Waals surface area contributed by atoms with Gasteiger partial charge in [-0.25, -0.2) is 8.42 Å². The molecule has 116 valence electrons. The van der Waals surface area contributed by atoms with Gasteiger partial charge in [0, 0.05) is 6.54 Å². The molecule has 1 heterocycles. The average molecular weight is 310 g/mol. The molecule has 0 radical (unpaired) electrons. The highest BCUT2D eigenvalue weighted by Crippen LogP contribution is 2.22. The fourth-order valence-electron chi connectivity index (χ4n) is 2.68. The second kappa shape index (κ2) is 6.15. The van der Waals surface area contributed by atoms with Crippen LogP contribution in [0.1, 0.15) is 18.9 Å². The molecule has 1 aliphatic rings. The molecule has 0 aliphatic carbocycles. The van der Waals surface area contributed by atoms with Gasteiger partial charge >= 0.3 is 0 Å². The van der Waals surface area contributed by atoms with Gasteiger partial charge in [-0.15, -0.1) is 0 Å². The number of hydrogen-bond donors (Lipinski definition) is 1. The largest absolute Gasteiger partial charge is 0.349 e. The van der Waals surface area contributed by atoms with Crippen LogP contribution >= 0.6 is 0 Å². The monoisotopic (exact) mass is 310 g/mol. The first kappa shape index (κ1) is 16.0. The molecular weight excluding hydrogens is 288 g/mol. The van der Waals surface area contributed by atoms with E-state index in [9.17, 15) is 13.2 Å². The van der Waals surface area contributed by atoms with Crippen LogP contribution in [-0.4, -0.2) is 49.9 Å². The topological polar surface area (TPSA) is 66.5 Å². The molecule has 1 saturated heterocycles. The van der Waals surface area contributed by atoms with Crippen molar-refractivity contribution in [2.24, 2.45) is 0 Å². The van der Waals surface area contributed by atoms with Gasteiger partial charge in [-0.1, -0.05) is 30.3 Å². The van der Waals surface area contributed by atoms with E-state index in [-0.39, 0.29) is 24.0 Å². The van der Waals surface area contributed by atoms with E-state index in [2.05, 4.69) is 5.32 Å². The van der Waals surface area contributed by atoms with Crippen molar-refractivity contribution < 1.29 is 13.2 Å². The lowest BCUT2D eigenvalue weighted by atomic mass is 10.0. The zero-order chi connectivity index (χ0) is 15.5. The maximum absolute atomic E-state index is 12.1. The van der Waals surface area contributed by atoms with Gasteiger partial charge in [0.2, 0.25) is 5.91 Å². The average Bonchev–Trinajstić information content (AvgIpc) is 2.63. The first-order chi connectivity index (χ1) is 9.78. The van der Waals surface area contributed by atoms with Crippen LogP contribution in [0.15, 0.2) is 30.3 Å². The maximum atomic E-state index is 12.1. The van der Waals surface area contributed by atoms with Crippen LogP contribution in [0, 0.1) is 0 Å². The molecule has 0 aromatic heterocycles. The van der Waals surface area contributed by atoms with Gasteiger partial charge in [0.25, 0.3) is 0 Å². The maximum Gasteiger partial charge on any atom is 0.234 e. The predicted octanol–water partition coefficient (Wildman–Crippen LogP) is 0.812. The Morgan fingerprint density at radius 1 is 1.33 bits per heavy atom. The molecule has 21 heavy (non-hydrogen) atoms. The van der Waals surface area contributed by atoms with Crippen molar-refractivity contribution in [3.63, 3.8) is 0 Å². The molecule has 1 aromatic carbocycles. The van der Waals surface area contributed by atoms with E-state index in [0.29, 0.717) is 13.0 Å². The van der Waals surface area contributed by atoms with E-state index in [1.165, 1.54) is 0 Å². The Labute approximate surface area is 126 Å². The van der Waals surface area contributed by atoms with Crippen LogP contribution in [0.2, 0.25) is 0 Å². The smallest absolute Gasteiger partial charge is 0.234 e. The Morgan fingerprint density at radius 3 is 2.57 bits per heavy atom.